The first-order valence-corrected chi connectivity index (χ1v) is 5.15. The average Bonchev–Trinajstić information content (AvgIpc) is 2.15. The smallest absolute Gasteiger partial charge is 0.366 e. The maximum Gasteiger partial charge on any atom is 0.527 e. The Hall–Kier alpha value is -1.43. The third-order valence-corrected chi connectivity index (χ3v) is 1.95. The van der Waals surface area contributed by atoms with Crippen molar-refractivity contribution in [1.82, 2.24) is 9.97 Å². The molecule has 16 heavy (non-hydrogen) atoms. The van der Waals surface area contributed by atoms with Crippen LogP contribution < -0.4 is 0 Å². The molecule has 0 saturated heterocycles. The number of rotatable bonds is 1. The molecule has 0 aliphatic carbocycles. The van der Waals surface area contributed by atoms with Gasteiger partial charge in [-0.2, -0.15) is 4.79 Å². The van der Waals surface area contributed by atoms with Crippen LogP contribution in [0.5, 0.6) is 0 Å². The Labute approximate surface area is 99.2 Å². The maximum absolute atomic E-state index is 10.6. The fraction of sp³-hybridized carbons (Fsp3) is 0.400. The average molecular weight is 240 g/mol. The molecule has 1 aromatic rings. The van der Waals surface area contributed by atoms with E-state index in [-0.39, 0.29) is 17.0 Å². The Balaban J connectivity index is 2.87. The molecule has 0 aliphatic heterocycles. The molecular formula is C10H14N3O2S+. The second kappa shape index (κ2) is 4.61. The van der Waals surface area contributed by atoms with Crippen LogP contribution in [0.4, 0.5) is 4.79 Å². The number of aromatic nitrogens is 2. The molecule has 1 aromatic heterocycles. The Morgan fingerprint density at radius 1 is 1.38 bits per heavy atom. The maximum atomic E-state index is 10.6. The van der Waals surface area contributed by atoms with Gasteiger partial charge in [-0.05, 0) is 0 Å². The summed E-state index contributed by atoms with van der Waals surface area (Å²) in [5.74, 6) is -0.326. The highest BCUT2D eigenvalue weighted by molar-refractivity contribution is 7.76. The monoisotopic (exact) mass is 240 g/mol. The number of hydrogen-bond acceptors (Lipinski definition) is 5. The predicted molar refractivity (Wildman–Crippen MR) is 64.2 cm³/mol. The van der Waals surface area contributed by atoms with Crippen LogP contribution in [0, 0.1) is 5.41 Å². The molecule has 0 aromatic carbocycles. The van der Waals surface area contributed by atoms with Crippen LogP contribution in [0.15, 0.2) is 12.4 Å². The lowest BCUT2D eigenvalue weighted by atomic mass is 9.93. The minimum atomic E-state index is -0.730. The standard InChI is InChI=1S/C10H13N3O2S/c1-10(2,3)7-5-12-6(4-13-7)8(11)15-9(14)16/h4-5,11H,1-3H3,(H,14,16)/p+1. The molecule has 0 saturated carbocycles. The van der Waals surface area contributed by atoms with E-state index >= 15 is 0 Å². The minimum Gasteiger partial charge on any atom is -0.366 e. The lowest BCUT2D eigenvalue weighted by molar-refractivity contribution is 0.224. The highest BCUT2D eigenvalue weighted by atomic mass is 32.1. The fourth-order valence-corrected chi connectivity index (χ4v) is 1.08. The number of ether oxygens (including phenoxy) is 1. The van der Waals surface area contributed by atoms with Crippen LogP contribution in [0.3, 0.4) is 0 Å². The normalized spacial score (nSPS) is 11.0. The van der Waals surface area contributed by atoms with Crippen molar-refractivity contribution in [3.8, 4) is 0 Å². The lowest BCUT2D eigenvalue weighted by Crippen LogP contribution is -2.16. The molecule has 0 fully saturated rings. The molecule has 0 atom stereocenters. The summed E-state index contributed by atoms with van der Waals surface area (Å²) in [6, 6.07) is 0. The molecule has 0 spiro atoms. The molecule has 86 valence electrons. The van der Waals surface area contributed by atoms with Crippen molar-refractivity contribution < 1.29 is 9.53 Å². The van der Waals surface area contributed by atoms with Gasteiger partial charge in [0.25, 0.3) is 0 Å². The van der Waals surface area contributed by atoms with Crippen LogP contribution in [0.2, 0.25) is 0 Å². The summed E-state index contributed by atoms with van der Waals surface area (Å²) in [6.45, 7) is 6.04. The van der Waals surface area contributed by atoms with Gasteiger partial charge in [-0.3, -0.25) is 10.4 Å². The molecule has 1 heterocycles. The fourth-order valence-electron chi connectivity index (χ4n) is 0.978. The van der Waals surface area contributed by atoms with Gasteiger partial charge in [-0.15, -0.1) is 0 Å². The van der Waals surface area contributed by atoms with Crippen LogP contribution >= 0.6 is 0 Å². The third kappa shape index (κ3) is 3.30. The molecule has 6 heteroatoms. The van der Waals surface area contributed by atoms with Crippen molar-refractivity contribution >= 4 is 23.8 Å². The highest BCUT2D eigenvalue weighted by Crippen LogP contribution is 2.18. The molecule has 5 nitrogen and oxygen atoms in total. The highest BCUT2D eigenvalue weighted by Gasteiger charge is 2.17. The van der Waals surface area contributed by atoms with Gasteiger partial charge in [0.1, 0.15) is 5.69 Å². The number of hydrogen-bond donors (Lipinski definition) is 1. The summed E-state index contributed by atoms with van der Waals surface area (Å²) in [5, 5.41) is 6.68. The summed E-state index contributed by atoms with van der Waals surface area (Å²) in [4.78, 5) is 18.7. The van der Waals surface area contributed by atoms with E-state index in [2.05, 4.69) is 27.3 Å². The van der Waals surface area contributed by atoms with Gasteiger partial charge in [0.15, 0.2) is 0 Å². The van der Waals surface area contributed by atoms with E-state index < -0.39 is 5.30 Å². The molecule has 1 N–H and O–H groups in total. The van der Waals surface area contributed by atoms with Gasteiger partial charge in [0.2, 0.25) is 5.90 Å². The molecular weight excluding hydrogens is 226 g/mol. The van der Waals surface area contributed by atoms with Gasteiger partial charge < -0.3 is 4.74 Å². The summed E-state index contributed by atoms with van der Waals surface area (Å²) in [6.07, 6.45) is 2.99. The van der Waals surface area contributed by atoms with Crippen molar-refractivity contribution in [2.45, 2.75) is 26.2 Å². The molecule has 0 aliphatic rings. The summed E-state index contributed by atoms with van der Waals surface area (Å²) in [5.41, 5.74) is 0.938. The summed E-state index contributed by atoms with van der Waals surface area (Å²) >= 11 is 2.62. The summed E-state index contributed by atoms with van der Waals surface area (Å²) < 4.78 is 4.52. The number of nitrogens with one attached hydrogen (secondary N) is 1. The van der Waals surface area contributed by atoms with E-state index in [4.69, 9.17) is 5.41 Å². The Morgan fingerprint density at radius 3 is 2.38 bits per heavy atom. The first-order valence-electron chi connectivity index (χ1n) is 4.65. The second-order valence-corrected chi connectivity index (χ2v) is 4.66. The van der Waals surface area contributed by atoms with Crippen LogP contribution in [-0.2, 0) is 22.8 Å². The Kier molecular flexibility index (Phi) is 3.64. The zero-order valence-corrected chi connectivity index (χ0v) is 10.4. The topological polar surface area (TPSA) is 75.9 Å². The first kappa shape index (κ1) is 12.6. The second-order valence-electron chi connectivity index (χ2n) is 4.26. The van der Waals surface area contributed by atoms with E-state index in [0.717, 1.165) is 5.69 Å². The van der Waals surface area contributed by atoms with E-state index in [1.165, 1.54) is 6.20 Å². The van der Waals surface area contributed by atoms with Gasteiger partial charge in [-0.1, -0.05) is 20.8 Å². The minimum absolute atomic E-state index is 0.0977. The van der Waals surface area contributed by atoms with Gasteiger partial charge >= 0.3 is 5.30 Å². The van der Waals surface area contributed by atoms with Crippen LogP contribution in [0.1, 0.15) is 32.2 Å². The summed E-state index contributed by atoms with van der Waals surface area (Å²) in [7, 11) is 0. The van der Waals surface area contributed by atoms with Crippen molar-refractivity contribution in [2.24, 2.45) is 0 Å². The van der Waals surface area contributed by atoms with Crippen molar-refractivity contribution in [2.75, 3.05) is 0 Å². The van der Waals surface area contributed by atoms with Gasteiger partial charge in [0.05, 0.1) is 24.5 Å². The third-order valence-electron chi connectivity index (χ3n) is 1.85. The molecule has 0 bridgehead atoms. The molecule has 1 rings (SSSR count). The van der Waals surface area contributed by atoms with E-state index in [1.54, 1.807) is 6.20 Å². The number of carbonyl (C=O) groups is 1. The SMILES string of the molecule is CC(C)(C)c1cnc(C(=N)OC(=O)[SH2+])cn1. The Bertz CT molecular complexity index is 409. The number of nitrogens with zero attached hydrogens (tertiary/aromatic N) is 2. The van der Waals surface area contributed by atoms with Gasteiger partial charge in [-0.25, -0.2) is 4.98 Å². The van der Waals surface area contributed by atoms with Crippen molar-refractivity contribution in [3.05, 3.63) is 23.8 Å². The van der Waals surface area contributed by atoms with Crippen LogP contribution in [0.25, 0.3) is 0 Å². The molecule has 0 amide bonds. The van der Waals surface area contributed by atoms with Crippen LogP contribution in [-0.4, -0.2) is 21.2 Å². The molecule has 0 unspecified atom stereocenters. The van der Waals surface area contributed by atoms with Gasteiger partial charge in [0, 0.05) is 11.6 Å². The van der Waals surface area contributed by atoms with Crippen molar-refractivity contribution in [3.63, 3.8) is 0 Å². The largest absolute Gasteiger partial charge is 0.527 e. The molecule has 0 radical (unpaired) electrons. The zero-order valence-electron chi connectivity index (χ0n) is 9.37. The zero-order chi connectivity index (χ0) is 12.3. The quantitative estimate of drug-likeness (QED) is 0.347. The Morgan fingerprint density at radius 2 is 2.00 bits per heavy atom. The first-order chi connectivity index (χ1) is 7.30. The predicted octanol–water partition coefficient (Wildman–Crippen LogP) is 1.25. The number of carbonyl (C=O) groups excluding carboxylic acids is 1. The van der Waals surface area contributed by atoms with E-state index in [9.17, 15) is 4.79 Å². The van der Waals surface area contributed by atoms with E-state index in [0.29, 0.717) is 0 Å². The lowest BCUT2D eigenvalue weighted by Gasteiger charge is -2.16. The van der Waals surface area contributed by atoms with E-state index in [1.807, 2.05) is 20.8 Å². The van der Waals surface area contributed by atoms with Crippen molar-refractivity contribution in [1.29, 1.82) is 5.41 Å².